The van der Waals surface area contributed by atoms with Gasteiger partial charge in [-0.05, 0) is 38.5 Å². The van der Waals surface area contributed by atoms with Crippen molar-refractivity contribution in [2.24, 2.45) is 0 Å². The third kappa shape index (κ3) is 2.46. The first-order chi connectivity index (χ1) is 8.67. The number of alkyl halides is 1. The van der Waals surface area contributed by atoms with Crippen LogP contribution in [0.2, 0.25) is 13.1 Å². The van der Waals surface area contributed by atoms with Crippen molar-refractivity contribution >= 4 is 18.3 Å². The molecule has 0 aromatic heterocycles. The lowest BCUT2D eigenvalue weighted by molar-refractivity contribution is -0.163. The second-order valence-electron chi connectivity index (χ2n) is 6.09. The molecule has 0 aliphatic carbocycles. The molecule has 2 saturated heterocycles. The minimum atomic E-state index is -1.04. The van der Waals surface area contributed by atoms with Gasteiger partial charge in [-0.15, -0.1) is 0 Å². The molecule has 2 atom stereocenters. The van der Waals surface area contributed by atoms with Crippen molar-refractivity contribution in [3.63, 3.8) is 0 Å². The topological polar surface area (TPSA) is 18.5 Å². The molecule has 0 spiro atoms. The SMILES string of the molecule is C[SiH](C)C1(C2([SiH2]CF)CCCCO2)CCCCO1. The highest BCUT2D eigenvalue weighted by Gasteiger charge is 2.56. The largest absolute Gasteiger partial charge is 0.376 e. The van der Waals surface area contributed by atoms with Crippen LogP contribution in [0.5, 0.6) is 0 Å². The normalized spacial score (nSPS) is 38.7. The molecule has 0 aromatic rings. The van der Waals surface area contributed by atoms with Gasteiger partial charge in [0.1, 0.15) is 0 Å². The fourth-order valence-electron chi connectivity index (χ4n) is 3.90. The maximum absolute atomic E-state index is 13.2. The van der Waals surface area contributed by atoms with Crippen LogP contribution >= 0.6 is 0 Å². The average molecular weight is 291 g/mol. The molecule has 2 nitrogen and oxygen atoms in total. The van der Waals surface area contributed by atoms with Crippen LogP contribution in [0.3, 0.4) is 0 Å². The predicted octanol–water partition coefficient (Wildman–Crippen LogP) is 1.94. The molecule has 0 radical (unpaired) electrons. The Morgan fingerprint density at radius 3 is 2.17 bits per heavy atom. The van der Waals surface area contributed by atoms with Crippen molar-refractivity contribution in [2.45, 2.75) is 62.1 Å². The van der Waals surface area contributed by atoms with Crippen molar-refractivity contribution in [1.29, 1.82) is 0 Å². The molecule has 0 saturated carbocycles. The molecule has 2 aliphatic rings. The van der Waals surface area contributed by atoms with Gasteiger partial charge in [0.25, 0.3) is 0 Å². The number of hydrogen-bond donors (Lipinski definition) is 0. The maximum Gasteiger partial charge on any atom is 0.0999 e. The van der Waals surface area contributed by atoms with Gasteiger partial charge in [0, 0.05) is 13.2 Å². The van der Waals surface area contributed by atoms with E-state index in [1.165, 1.54) is 12.8 Å². The summed E-state index contributed by atoms with van der Waals surface area (Å²) in [5.74, 6) is 0. The smallest absolute Gasteiger partial charge is 0.0999 e. The Morgan fingerprint density at radius 1 is 1.06 bits per heavy atom. The molecule has 5 heteroatoms. The minimum absolute atomic E-state index is 0.0655. The van der Waals surface area contributed by atoms with Gasteiger partial charge in [-0.1, -0.05) is 13.1 Å². The summed E-state index contributed by atoms with van der Waals surface area (Å²) in [4.78, 5) is 0. The second kappa shape index (κ2) is 6.16. The summed E-state index contributed by atoms with van der Waals surface area (Å²) in [6.45, 7) is 6.39. The monoisotopic (exact) mass is 290 g/mol. The van der Waals surface area contributed by atoms with Crippen LogP contribution in [-0.4, -0.2) is 48.3 Å². The molecular weight excluding hydrogens is 263 g/mol. The summed E-state index contributed by atoms with van der Waals surface area (Å²) < 4.78 is 25.7. The van der Waals surface area contributed by atoms with E-state index in [-0.39, 0.29) is 16.7 Å². The highest BCUT2D eigenvalue weighted by Crippen LogP contribution is 2.44. The first-order valence-electron chi connectivity index (χ1n) is 7.51. The summed E-state index contributed by atoms with van der Waals surface area (Å²) in [7, 11) is -1.89. The average Bonchev–Trinajstić information content (AvgIpc) is 2.40. The van der Waals surface area contributed by atoms with Gasteiger partial charge in [0.05, 0.1) is 35.1 Å². The van der Waals surface area contributed by atoms with Crippen molar-refractivity contribution in [3.8, 4) is 0 Å². The molecule has 2 fully saturated rings. The zero-order valence-corrected chi connectivity index (χ0v) is 14.4. The van der Waals surface area contributed by atoms with E-state index in [1.807, 2.05) is 0 Å². The predicted molar refractivity (Wildman–Crippen MR) is 78.5 cm³/mol. The molecule has 0 N–H and O–H groups in total. The van der Waals surface area contributed by atoms with E-state index in [1.54, 1.807) is 0 Å². The lowest BCUT2D eigenvalue weighted by Crippen LogP contribution is -2.69. The van der Waals surface area contributed by atoms with Crippen LogP contribution in [-0.2, 0) is 9.47 Å². The minimum Gasteiger partial charge on any atom is -0.376 e. The maximum atomic E-state index is 13.2. The molecule has 106 valence electrons. The molecule has 2 heterocycles. The third-order valence-corrected chi connectivity index (χ3v) is 10.3. The van der Waals surface area contributed by atoms with Crippen LogP contribution in [0.25, 0.3) is 0 Å². The standard InChI is InChI=1S/C13H27FO2Si2/c1-18(2)13(8-4-6-10-16-13)12(17-11-14)7-3-5-9-15-12/h18H,3-11,17H2,1-2H3. The van der Waals surface area contributed by atoms with Crippen LogP contribution in [0, 0.1) is 0 Å². The van der Waals surface area contributed by atoms with E-state index >= 15 is 0 Å². The van der Waals surface area contributed by atoms with Gasteiger partial charge in [0.2, 0.25) is 0 Å². The Hall–Kier alpha value is 0.284. The molecule has 0 aromatic carbocycles. The number of ether oxygens (including phenoxy) is 2. The van der Waals surface area contributed by atoms with Crippen molar-refractivity contribution in [1.82, 2.24) is 0 Å². The fraction of sp³-hybridized carbons (Fsp3) is 1.00. The Kier molecular flexibility index (Phi) is 5.02. The lowest BCUT2D eigenvalue weighted by Gasteiger charge is -2.55. The quantitative estimate of drug-likeness (QED) is 0.737. The van der Waals surface area contributed by atoms with Crippen LogP contribution < -0.4 is 0 Å². The fourth-order valence-corrected chi connectivity index (χ4v) is 9.87. The number of rotatable bonds is 4. The van der Waals surface area contributed by atoms with E-state index in [0.29, 0.717) is 0 Å². The highest BCUT2D eigenvalue weighted by molar-refractivity contribution is 6.62. The Balaban J connectivity index is 2.29. The van der Waals surface area contributed by atoms with E-state index in [0.717, 1.165) is 38.9 Å². The van der Waals surface area contributed by atoms with Gasteiger partial charge < -0.3 is 9.47 Å². The molecule has 18 heavy (non-hydrogen) atoms. The summed E-state index contributed by atoms with van der Waals surface area (Å²) in [5.41, 5.74) is 0. The Bertz CT molecular complexity index is 256. The van der Waals surface area contributed by atoms with Crippen LogP contribution in [0.4, 0.5) is 4.39 Å². The number of halogens is 1. The van der Waals surface area contributed by atoms with Crippen molar-refractivity contribution < 1.29 is 13.9 Å². The molecule has 2 unspecified atom stereocenters. The molecule has 0 bridgehead atoms. The second-order valence-corrected chi connectivity index (χ2v) is 11.4. The molecular formula is C13H27FO2Si2. The zero-order chi connectivity index (χ0) is 13.1. The van der Waals surface area contributed by atoms with E-state index in [9.17, 15) is 4.39 Å². The summed E-state index contributed by atoms with van der Waals surface area (Å²) in [6.07, 6.45) is 6.74. The van der Waals surface area contributed by atoms with E-state index < -0.39 is 18.3 Å². The van der Waals surface area contributed by atoms with Gasteiger partial charge in [-0.3, -0.25) is 4.39 Å². The van der Waals surface area contributed by atoms with Gasteiger partial charge in [-0.2, -0.15) is 0 Å². The molecule has 0 amide bonds. The zero-order valence-electron chi connectivity index (χ0n) is 11.8. The van der Waals surface area contributed by atoms with Crippen molar-refractivity contribution in [2.75, 3.05) is 19.5 Å². The van der Waals surface area contributed by atoms with Crippen LogP contribution in [0.15, 0.2) is 0 Å². The number of hydrogen-bond acceptors (Lipinski definition) is 2. The first-order valence-corrected chi connectivity index (χ1v) is 12.1. The summed E-state index contributed by atoms with van der Waals surface area (Å²) in [5, 5.41) is -0.245. The summed E-state index contributed by atoms with van der Waals surface area (Å²) in [6, 6.07) is 0. The first kappa shape index (κ1) is 14.7. The highest BCUT2D eigenvalue weighted by atomic mass is 28.3. The van der Waals surface area contributed by atoms with Crippen molar-refractivity contribution in [3.05, 3.63) is 0 Å². The summed E-state index contributed by atoms with van der Waals surface area (Å²) >= 11 is 0. The Morgan fingerprint density at radius 2 is 1.72 bits per heavy atom. The van der Waals surface area contributed by atoms with Crippen LogP contribution in [0.1, 0.15) is 38.5 Å². The van der Waals surface area contributed by atoms with Gasteiger partial charge in [0.15, 0.2) is 0 Å². The molecule has 2 aliphatic heterocycles. The van der Waals surface area contributed by atoms with Gasteiger partial charge >= 0.3 is 0 Å². The Labute approximate surface area is 114 Å². The van der Waals surface area contributed by atoms with E-state index in [2.05, 4.69) is 13.1 Å². The lowest BCUT2D eigenvalue weighted by atomic mass is 9.96. The van der Waals surface area contributed by atoms with Gasteiger partial charge in [-0.25, -0.2) is 0 Å². The van der Waals surface area contributed by atoms with E-state index in [4.69, 9.17) is 9.47 Å². The third-order valence-electron chi connectivity index (χ3n) is 4.86. The molecule has 2 rings (SSSR count).